The van der Waals surface area contributed by atoms with Gasteiger partial charge in [-0.1, -0.05) is 54.2 Å². The van der Waals surface area contributed by atoms with Crippen molar-refractivity contribution in [2.24, 2.45) is 0 Å². The van der Waals surface area contributed by atoms with E-state index in [9.17, 15) is 14.0 Å². The number of amides is 2. The minimum absolute atomic E-state index is 0.0622. The number of halogens is 1. The highest BCUT2D eigenvalue weighted by Crippen LogP contribution is 2.37. The number of hydrogen-bond donors (Lipinski definition) is 2. The Bertz CT molecular complexity index is 1680. The van der Waals surface area contributed by atoms with Gasteiger partial charge in [0, 0.05) is 30.2 Å². The van der Waals surface area contributed by atoms with Gasteiger partial charge in [0.15, 0.2) is 6.61 Å². The van der Waals surface area contributed by atoms with Crippen molar-refractivity contribution in [3.8, 4) is 5.75 Å². The number of nitrogens with one attached hydrogen (secondary N) is 2. The quantitative estimate of drug-likeness (QED) is 0.194. The molecule has 9 nitrogen and oxygen atoms in total. The molecule has 1 unspecified atom stereocenters. The number of rotatable bonds is 11. The number of benzene rings is 3. The van der Waals surface area contributed by atoms with Crippen LogP contribution in [0.15, 0.2) is 89.2 Å². The Morgan fingerprint density at radius 1 is 1.05 bits per heavy atom. The van der Waals surface area contributed by atoms with Crippen molar-refractivity contribution >= 4 is 35.2 Å². The van der Waals surface area contributed by atoms with Crippen molar-refractivity contribution in [3.63, 3.8) is 0 Å². The van der Waals surface area contributed by atoms with Crippen LogP contribution < -0.4 is 15.4 Å². The summed E-state index contributed by atoms with van der Waals surface area (Å²) in [4.78, 5) is 32.6. The second-order valence-electron chi connectivity index (χ2n) is 10.4. The SMILES string of the molecule is CCN(CC)C(=O)COc1ccc(C2C(C(=O)Nc3cccc(C)c3)=C(C)Nc3nc(SCc4ccccc4F)nn32)cc1. The molecule has 2 amide bonds. The van der Waals surface area contributed by atoms with Crippen LogP contribution in [0.1, 0.15) is 43.5 Å². The molecule has 4 aromatic rings. The zero-order valence-corrected chi connectivity index (χ0v) is 26.0. The summed E-state index contributed by atoms with van der Waals surface area (Å²) in [6.07, 6.45) is 0. The minimum Gasteiger partial charge on any atom is -0.484 e. The molecule has 0 spiro atoms. The van der Waals surface area contributed by atoms with Crippen molar-refractivity contribution in [2.45, 2.75) is 44.6 Å². The lowest BCUT2D eigenvalue weighted by atomic mass is 9.95. The molecule has 0 aliphatic carbocycles. The second-order valence-corrected chi connectivity index (χ2v) is 11.3. The molecule has 0 saturated heterocycles. The van der Waals surface area contributed by atoms with Crippen molar-refractivity contribution in [1.29, 1.82) is 0 Å². The lowest BCUT2D eigenvalue weighted by Gasteiger charge is -2.28. The molecule has 5 rings (SSSR count). The standard InChI is InChI=1S/C33H35FN6O3S/c1-5-39(6-2)28(41)19-43-26-16-14-23(15-17-26)30-29(31(42)36-25-12-9-10-21(3)18-25)22(4)35-32-37-33(38-40(30)32)44-20-24-11-7-8-13-27(24)34/h7-18,30H,5-6,19-20H2,1-4H3,(H,36,42)(H,35,37,38). The number of ether oxygens (including phenoxy) is 1. The average molecular weight is 615 g/mol. The number of likely N-dealkylation sites (N-methyl/N-ethyl adjacent to an activating group) is 1. The van der Waals surface area contributed by atoms with Crippen LogP contribution >= 0.6 is 11.8 Å². The largest absolute Gasteiger partial charge is 0.484 e. The molecule has 11 heteroatoms. The fourth-order valence-electron chi connectivity index (χ4n) is 5.03. The van der Waals surface area contributed by atoms with E-state index in [0.29, 0.717) is 58.2 Å². The van der Waals surface area contributed by atoms with Crippen LogP contribution in [-0.2, 0) is 15.3 Å². The Labute approximate surface area is 260 Å². The van der Waals surface area contributed by atoms with Crippen molar-refractivity contribution < 1.29 is 18.7 Å². The molecule has 0 radical (unpaired) electrons. The summed E-state index contributed by atoms with van der Waals surface area (Å²) in [7, 11) is 0. The van der Waals surface area contributed by atoms with Gasteiger partial charge in [-0.2, -0.15) is 4.98 Å². The van der Waals surface area contributed by atoms with Gasteiger partial charge in [-0.05, 0) is 74.7 Å². The Balaban J connectivity index is 1.44. The highest BCUT2D eigenvalue weighted by molar-refractivity contribution is 7.98. The Kier molecular flexibility index (Phi) is 9.64. The maximum absolute atomic E-state index is 14.3. The summed E-state index contributed by atoms with van der Waals surface area (Å²) in [6, 6.07) is 20.9. The average Bonchev–Trinajstić information content (AvgIpc) is 3.42. The van der Waals surface area contributed by atoms with Gasteiger partial charge in [0.05, 0.1) is 5.57 Å². The third-order valence-electron chi connectivity index (χ3n) is 7.34. The monoisotopic (exact) mass is 614 g/mol. The molecule has 1 atom stereocenters. The van der Waals surface area contributed by atoms with Crippen molar-refractivity contribution in [2.75, 3.05) is 30.3 Å². The van der Waals surface area contributed by atoms with Gasteiger partial charge in [-0.15, -0.1) is 5.10 Å². The number of fused-ring (bicyclic) bond motifs is 1. The lowest BCUT2D eigenvalue weighted by molar-refractivity contribution is -0.133. The van der Waals surface area contributed by atoms with E-state index >= 15 is 0 Å². The van der Waals surface area contributed by atoms with Gasteiger partial charge < -0.3 is 20.3 Å². The molecule has 2 N–H and O–H groups in total. The summed E-state index contributed by atoms with van der Waals surface area (Å²) in [6.45, 7) is 8.83. The predicted octanol–water partition coefficient (Wildman–Crippen LogP) is 6.19. The van der Waals surface area contributed by atoms with E-state index < -0.39 is 6.04 Å². The Morgan fingerprint density at radius 3 is 2.50 bits per heavy atom. The second kappa shape index (κ2) is 13.8. The van der Waals surface area contributed by atoms with Crippen molar-refractivity contribution in [3.05, 3.63) is 107 Å². The topological polar surface area (TPSA) is 101 Å². The first-order valence-electron chi connectivity index (χ1n) is 14.5. The third kappa shape index (κ3) is 6.94. The van der Waals surface area contributed by atoms with Crippen LogP contribution in [0.25, 0.3) is 0 Å². The number of carbonyl (C=O) groups excluding carboxylic acids is 2. The summed E-state index contributed by atoms with van der Waals surface area (Å²) in [5.74, 6) is 0.715. The first kappa shape index (κ1) is 30.8. The number of allylic oxidation sites excluding steroid dienone is 1. The van der Waals surface area contributed by atoms with E-state index in [0.717, 1.165) is 11.1 Å². The molecule has 0 fully saturated rings. The van der Waals surface area contributed by atoms with Crippen LogP contribution in [0.5, 0.6) is 5.75 Å². The first-order valence-corrected chi connectivity index (χ1v) is 15.4. The molecule has 44 heavy (non-hydrogen) atoms. The number of nitrogens with zero attached hydrogens (tertiary/aromatic N) is 4. The molecule has 3 aromatic carbocycles. The smallest absolute Gasteiger partial charge is 0.260 e. The summed E-state index contributed by atoms with van der Waals surface area (Å²) in [5, 5.41) is 11.5. The number of thioether (sulfide) groups is 1. The lowest BCUT2D eigenvalue weighted by Crippen LogP contribution is -2.34. The van der Waals surface area contributed by atoms with Gasteiger partial charge in [0.1, 0.15) is 17.6 Å². The molecule has 1 aliphatic rings. The number of aromatic nitrogens is 3. The van der Waals surface area contributed by atoms with Gasteiger partial charge in [-0.25, -0.2) is 9.07 Å². The molecular weight excluding hydrogens is 579 g/mol. The maximum atomic E-state index is 14.3. The molecule has 0 saturated carbocycles. The van der Waals surface area contributed by atoms with E-state index in [-0.39, 0.29) is 24.2 Å². The van der Waals surface area contributed by atoms with Crippen LogP contribution in [-0.4, -0.2) is 51.2 Å². The zero-order chi connectivity index (χ0) is 31.2. The molecule has 2 heterocycles. The molecule has 1 aliphatic heterocycles. The van der Waals surface area contributed by atoms with Crippen LogP contribution in [0.3, 0.4) is 0 Å². The highest BCUT2D eigenvalue weighted by Gasteiger charge is 2.34. The summed E-state index contributed by atoms with van der Waals surface area (Å²) < 4.78 is 21.7. The van der Waals surface area contributed by atoms with E-state index in [1.807, 2.05) is 64.1 Å². The van der Waals surface area contributed by atoms with Gasteiger partial charge in [-0.3, -0.25) is 9.59 Å². The number of hydrogen-bond acceptors (Lipinski definition) is 7. The van der Waals surface area contributed by atoms with Crippen LogP contribution in [0, 0.1) is 12.7 Å². The predicted molar refractivity (Wildman–Crippen MR) is 170 cm³/mol. The summed E-state index contributed by atoms with van der Waals surface area (Å²) in [5.41, 5.74) is 4.14. The molecule has 1 aromatic heterocycles. The van der Waals surface area contributed by atoms with Crippen LogP contribution in [0.2, 0.25) is 0 Å². The van der Waals surface area contributed by atoms with Gasteiger partial charge in [0.2, 0.25) is 11.1 Å². The zero-order valence-electron chi connectivity index (χ0n) is 25.1. The van der Waals surface area contributed by atoms with Crippen LogP contribution in [0.4, 0.5) is 16.0 Å². The number of carbonyl (C=O) groups is 2. The fourth-order valence-corrected chi connectivity index (χ4v) is 5.85. The molecular formula is C33H35FN6O3S. The number of aryl methyl sites for hydroxylation is 1. The highest BCUT2D eigenvalue weighted by atomic mass is 32.2. The normalized spacial score (nSPS) is 14.1. The van der Waals surface area contributed by atoms with E-state index in [4.69, 9.17) is 9.84 Å². The van der Waals surface area contributed by atoms with E-state index in [2.05, 4.69) is 15.6 Å². The van der Waals surface area contributed by atoms with Gasteiger partial charge in [0.25, 0.3) is 11.8 Å². The molecule has 228 valence electrons. The minimum atomic E-state index is -0.613. The fraction of sp³-hybridized carbons (Fsp3) is 0.273. The summed E-state index contributed by atoms with van der Waals surface area (Å²) >= 11 is 1.31. The molecule has 0 bridgehead atoms. The number of anilines is 2. The maximum Gasteiger partial charge on any atom is 0.260 e. The van der Waals surface area contributed by atoms with E-state index in [1.165, 1.54) is 17.8 Å². The Hall–Kier alpha value is -4.64. The third-order valence-corrected chi connectivity index (χ3v) is 8.23. The first-order chi connectivity index (χ1) is 21.3. The van der Waals surface area contributed by atoms with Gasteiger partial charge >= 0.3 is 0 Å². The van der Waals surface area contributed by atoms with E-state index in [1.54, 1.807) is 39.9 Å². The Morgan fingerprint density at radius 2 is 1.80 bits per heavy atom. The van der Waals surface area contributed by atoms with Crippen molar-refractivity contribution in [1.82, 2.24) is 19.7 Å².